The number of nitrogens with zero attached hydrogens (tertiary/aromatic N) is 2. The van der Waals surface area contributed by atoms with E-state index in [0.29, 0.717) is 12.5 Å². The number of nitrogens with one attached hydrogen (secondary N) is 2. The lowest BCUT2D eigenvalue weighted by atomic mass is 10.4. The van der Waals surface area contributed by atoms with Gasteiger partial charge >= 0.3 is 0 Å². The molecule has 11 heteroatoms. The molecule has 2 rings (SSSR count). The van der Waals surface area contributed by atoms with Gasteiger partial charge in [0.15, 0.2) is 5.96 Å². The summed E-state index contributed by atoms with van der Waals surface area (Å²) >= 11 is 2.83. The fourth-order valence-electron chi connectivity index (χ4n) is 1.80. The van der Waals surface area contributed by atoms with E-state index in [2.05, 4.69) is 20.6 Å². The second-order valence-electron chi connectivity index (χ2n) is 4.73. The first-order chi connectivity index (χ1) is 10.9. The van der Waals surface area contributed by atoms with Crippen molar-refractivity contribution in [3.63, 3.8) is 0 Å². The maximum Gasteiger partial charge on any atom is 0.247 e. The summed E-state index contributed by atoms with van der Waals surface area (Å²) in [5.74, 6) is 0.656. The molecule has 0 aliphatic rings. The van der Waals surface area contributed by atoms with Crippen LogP contribution in [0, 0.1) is 6.92 Å². The monoisotopic (exact) mass is 501 g/mol. The fourth-order valence-corrected chi connectivity index (χ4v) is 4.31. The number of aromatic nitrogens is 1. The van der Waals surface area contributed by atoms with Gasteiger partial charge in [-0.1, -0.05) is 0 Å². The number of aliphatic imine (C=N–C) groups is 1. The number of hydrogen-bond acceptors (Lipinski definition) is 6. The Morgan fingerprint density at radius 1 is 1.33 bits per heavy atom. The summed E-state index contributed by atoms with van der Waals surface area (Å²) in [5.41, 5.74) is 0. The van der Waals surface area contributed by atoms with Gasteiger partial charge in [-0.15, -0.1) is 46.7 Å². The second-order valence-corrected chi connectivity index (χ2v) is 9.01. The first-order valence-corrected chi connectivity index (χ1v) is 10.0. The molecule has 0 unspecified atom stereocenters. The molecule has 2 heterocycles. The minimum absolute atomic E-state index is 0. The fraction of sp³-hybridized carbons (Fsp3) is 0.385. The van der Waals surface area contributed by atoms with Crippen LogP contribution in [0.25, 0.3) is 0 Å². The highest BCUT2D eigenvalue weighted by Crippen LogP contribution is 2.19. The van der Waals surface area contributed by atoms with Crippen LogP contribution >= 0.6 is 46.7 Å². The number of rotatable bonds is 6. The van der Waals surface area contributed by atoms with Crippen LogP contribution in [-0.2, 0) is 23.0 Å². The highest BCUT2D eigenvalue weighted by Gasteiger charge is 2.11. The van der Waals surface area contributed by atoms with Crippen molar-refractivity contribution in [3.05, 3.63) is 33.1 Å². The number of aryl methyl sites for hydroxylation is 1. The van der Waals surface area contributed by atoms with Gasteiger partial charge in [-0.25, -0.2) is 18.5 Å². The summed E-state index contributed by atoms with van der Waals surface area (Å²) in [6, 6.07) is 3.25. The molecule has 2 aromatic rings. The minimum atomic E-state index is -3.63. The standard InChI is InChI=1S/C13H19N5O2S3.HI/c1-9-7-17-11(21-9)5-6-16-13(15-2)18-8-10-3-4-12(22-10)23(14,19)20;/h3-4,7H,5-6,8H2,1-2H3,(H2,14,19,20)(H2,15,16,18);1H. The largest absolute Gasteiger partial charge is 0.356 e. The van der Waals surface area contributed by atoms with Gasteiger partial charge in [-0.3, -0.25) is 4.99 Å². The molecular formula is C13H20IN5O2S3. The van der Waals surface area contributed by atoms with Crippen LogP contribution in [0.2, 0.25) is 0 Å². The second kappa shape index (κ2) is 9.65. The molecule has 0 aliphatic heterocycles. The quantitative estimate of drug-likeness (QED) is 0.317. The topological polar surface area (TPSA) is 109 Å². The molecule has 0 bridgehead atoms. The Kier molecular flexibility index (Phi) is 8.56. The SMILES string of the molecule is CN=C(NCCc1ncc(C)s1)NCc1ccc(S(N)(=O)=O)s1.I. The lowest BCUT2D eigenvalue weighted by molar-refractivity contribution is 0.600. The van der Waals surface area contributed by atoms with E-state index in [1.807, 2.05) is 13.1 Å². The van der Waals surface area contributed by atoms with E-state index < -0.39 is 10.0 Å². The van der Waals surface area contributed by atoms with Crippen molar-refractivity contribution < 1.29 is 8.42 Å². The smallest absolute Gasteiger partial charge is 0.247 e. The van der Waals surface area contributed by atoms with Crippen LogP contribution in [0.3, 0.4) is 0 Å². The Bertz CT molecular complexity index is 785. The van der Waals surface area contributed by atoms with Gasteiger partial charge in [-0.05, 0) is 19.1 Å². The number of halogens is 1. The molecular weight excluding hydrogens is 481 g/mol. The molecule has 134 valence electrons. The predicted molar refractivity (Wildman–Crippen MR) is 110 cm³/mol. The zero-order valence-electron chi connectivity index (χ0n) is 13.3. The van der Waals surface area contributed by atoms with Crippen LogP contribution < -0.4 is 15.8 Å². The predicted octanol–water partition coefficient (Wildman–Crippen LogP) is 1.69. The number of sulfonamides is 1. The Morgan fingerprint density at radius 3 is 2.62 bits per heavy atom. The number of thiazole rings is 1. The molecule has 7 nitrogen and oxygen atoms in total. The van der Waals surface area contributed by atoms with Crippen LogP contribution in [0.4, 0.5) is 0 Å². The first-order valence-electron chi connectivity index (χ1n) is 6.86. The third kappa shape index (κ3) is 6.63. The van der Waals surface area contributed by atoms with Crippen molar-refractivity contribution in [3.8, 4) is 0 Å². The van der Waals surface area contributed by atoms with Crippen LogP contribution in [0.5, 0.6) is 0 Å². The molecule has 0 fully saturated rings. The molecule has 0 amide bonds. The third-order valence-corrected chi connectivity index (χ3v) is 6.37. The maximum absolute atomic E-state index is 11.2. The highest BCUT2D eigenvalue weighted by atomic mass is 127. The number of hydrogen-bond donors (Lipinski definition) is 3. The minimum Gasteiger partial charge on any atom is -0.356 e. The molecule has 0 spiro atoms. The Hall–Kier alpha value is -0.760. The van der Waals surface area contributed by atoms with Crippen molar-refractivity contribution in [2.24, 2.45) is 10.1 Å². The van der Waals surface area contributed by atoms with Crippen LogP contribution in [0.1, 0.15) is 14.8 Å². The molecule has 0 radical (unpaired) electrons. The number of thiophene rings is 1. The summed E-state index contributed by atoms with van der Waals surface area (Å²) in [6.45, 7) is 3.24. The van der Waals surface area contributed by atoms with E-state index in [0.717, 1.165) is 34.2 Å². The lowest BCUT2D eigenvalue weighted by Gasteiger charge is -2.10. The molecule has 0 aliphatic carbocycles. The van der Waals surface area contributed by atoms with E-state index in [1.165, 1.54) is 10.9 Å². The Labute approximate surface area is 166 Å². The zero-order chi connectivity index (χ0) is 16.9. The summed E-state index contributed by atoms with van der Waals surface area (Å²) < 4.78 is 22.7. The van der Waals surface area contributed by atoms with Gasteiger partial charge in [0.05, 0.1) is 11.6 Å². The van der Waals surface area contributed by atoms with Gasteiger partial charge in [0, 0.05) is 36.0 Å². The van der Waals surface area contributed by atoms with Crippen molar-refractivity contribution in [2.45, 2.75) is 24.1 Å². The third-order valence-electron chi connectivity index (χ3n) is 2.87. The van der Waals surface area contributed by atoms with Crippen molar-refractivity contribution in [2.75, 3.05) is 13.6 Å². The van der Waals surface area contributed by atoms with Gasteiger partial charge in [0.25, 0.3) is 0 Å². The Morgan fingerprint density at radius 2 is 2.08 bits per heavy atom. The van der Waals surface area contributed by atoms with Gasteiger partial charge in [-0.2, -0.15) is 0 Å². The van der Waals surface area contributed by atoms with E-state index in [9.17, 15) is 8.42 Å². The van der Waals surface area contributed by atoms with Gasteiger partial charge < -0.3 is 10.6 Å². The van der Waals surface area contributed by atoms with E-state index in [1.54, 1.807) is 24.5 Å². The average molecular weight is 501 g/mol. The average Bonchev–Trinajstić information content (AvgIpc) is 3.11. The van der Waals surface area contributed by atoms with Crippen LogP contribution in [-0.4, -0.2) is 33.0 Å². The number of guanidine groups is 1. The lowest BCUT2D eigenvalue weighted by Crippen LogP contribution is -2.37. The van der Waals surface area contributed by atoms with E-state index >= 15 is 0 Å². The summed E-state index contributed by atoms with van der Waals surface area (Å²) in [6.07, 6.45) is 2.70. The van der Waals surface area contributed by atoms with Crippen LogP contribution in [0.15, 0.2) is 27.5 Å². The normalized spacial score (nSPS) is 11.9. The van der Waals surface area contributed by atoms with Gasteiger partial charge in [0.2, 0.25) is 10.0 Å². The van der Waals surface area contributed by atoms with E-state index in [4.69, 9.17) is 5.14 Å². The molecule has 0 saturated heterocycles. The van der Waals surface area contributed by atoms with E-state index in [-0.39, 0.29) is 28.2 Å². The van der Waals surface area contributed by atoms with Crippen molar-refractivity contribution >= 4 is 62.6 Å². The summed E-state index contributed by atoms with van der Waals surface area (Å²) in [4.78, 5) is 10.5. The Balaban J connectivity index is 0.00000288. The summed E-state index contributed by atoms with van der Waals surface area (Å²) in [5, 5.41) is 12.5. The number of nitrogens with two attached hydrogens (primary N) is 1. The molecule has 4 N–H and O–H groups in total. The van der Waals surface area contributed by atoms with Crippen molar-refractivity contribution in [1.29, 1.82) is 0 Å². The molecule has 2 aromatic heterocycles. The molecule has 24 heavy (non-hydrogen) atoms. The molecule has 0 saturated carbocycles. The first kappa shape index (κ1) is 21.3. The van der Waals surface area contributed by atoms with Crippen molar-refractivity contribution in [1.82, 2.24) is 15.6 Å². The maximum atomic E-state index is 11.2. The zero-order valence-corrected chi connectivity index (χ0v) is 18.1. The summed E-state index contributed by atoms with van der Waals surface area (Å²) in [7, 11) is -1.94. The molecule has 0 aromatic carbocycles. The molecule has 0 atom stereocenters. The highest BCUT2D eigenvalue weighted by molar-refractivity contribution is 14.0. The number of primary sulfonamides is 1. The van der Waals surface area contributed by atoms with Gasteiger partial charge in [0.1, 0.15) is 4.21 Å².